The molecule has 0 fully saturated rings. The van der Waals surface area contributed by atoms with Gasteiger partial charge in [-0.05, 0) is 25.5 Å². The SMILES string of the molecule is CCOC(=O)c1cnc(Cc2ccccn2)nc1CC. The fourth-order valence-corrected chi connectivity index (χ4v) is 1.86. The maximum atomic E-state index is 11.8. The van der Waals surface area contributed by atoms with Crippen LogP contribution in [-0.2, 0) is 17.6 Å². The van der Waals surface area contributed by atoms with Gasteiger partial charge in [0.15, 0.2) is 0 Å². The molecule has 0 amide bonds. The summed E-state index contributed by atoms with van der Waals surface area (Å²) in [4.78, 5) is 24.7. The highest BCUT2D eigenvalue weighted by Gasteiger charge is 2.14. The molecule has 2 heterocycles. The van der Waals surface area contributed by atoms with Crippen LogP contribution in [0.4, 0.5) is 0 Å². The third kappa shape index (κ3) is 3.38. The van der Waals surface area contributed by atoms with E-state index in [-0.39, 0.29) is 5.97 Å². The Kier molecular flexibility index (Phi) is 4.76. The van der Waals surface area contributed by atoms with Crippen molar-refractivity contribution < 1.29 is 9.53 Å². The first kappa shape index (κ1) is 14.1. The van der Waals surface area contributed by atoms with Gasteiger partial charge in [-0.25, -0.2) is 14.8 Å². The quantitative estimate of drug-likeness (QED) is 0.780. The Morgan fingerprint density at radius 2 is 2.10 bits per heavy atom. The van der Waals surface area contributed by atoms with E-state index >= 15 is 0 Å². The van der Waals surface area contributed by atoms with E-state index in [1.807, 2.05) is 25.1 Å². The monoisotopic (exact) mass is 271 g/mol. The Morgan fingerprint density at radius 1 is 1.25 bits per heavy atom. The van der Waals surface area contributed by atoms with Gasteiger partial charge >= 0.3 is 5.97 Å². The molecule has 0 unspecified atom stereocenters. The maximum Gasteiger partial charge on any atom is 0.341 e. The van der Waals surface area contributed by atoms with Gasteiger partial charge in [0.05, 0.1) is 24.3 Å². The van der Waals surface area contributed by atoms with Gasteiger partial charge < -0.3 is 4.74 Å². The largest absolute Gasteiger partial charge is 0.462 e. The fraction of sp³-hybridized carbons (Fsp3) is 0.333. The molecule has 20 heavy (non-hydrogen) atoms. The van der Waals surface area contributed by atoms with E-state index < -0.39 is 0 Å². The molecular formula is C15H17N3O2. The number of nitrogens with zero attached hydrogens (tertiary/aromatic N) is 3. The predicted octanol–water partition coefficient (Wildman–Crippen LogP) is 2.20. The lowest BCUT2D eigenvalue weighted by atomic mass is 10.2. The minimum Gasteiger partial charge on any atom is -0.462 e. The summed E-state index contributed by atoms with van der Waals surface area (Å²) in [5.41, 5.74) is 2.06. The normalized spacial score (nSPS) is 10.3. The number of hydrogen-bond donors (Lipinski definition) is 0. The average Bonchev–Trinajstić information content (AvgIpc) is 2.48. The van der Waals surface area contributed by atoms with Gasteiger partial charge in [-0.1, -0.05) is 13.0 Å². The van der Waals surface area contributed by atoms with Crippen molar-refractivity contribution in [1.29, 1.82) is 0 Å². The lowest BCUT2D eigenvalue weighted by molar-refractivity contribution is 0.0524. The molecule has 104 valence electrons. The van der Waals surface area contributed by atoms with Crippen LogP contribution in [0.25, 0.3) is 0 Å². The first-order valence-corrected chi connectivity index (χ1v) is 6.66. The molecular weight excluding hydrogens is 254 g/mol. The number of hydrogen-bond acceptors (Lipinski definition) is 5. The topological polar surface area (TPSA) is 65.0 Å². The highest BCUT2D eigenvalue weighted by Crippen LogP contribution is 2.10. The average molecular weight is 271 g/mol. The molecule has 0 radical (unpaired) electrons. The third-order valence-electron chi connectivity index (χ3n) is 2.81. The maximum absolute atomic E-state index is 11.8. The van der Waals surface area contributed by atoms with E-state index in [1.165, 1.54) is 0 Å². The number of esters is 1. The zero-order valence-corrected chi connectivity index (χ0v) is 11.7. The second-order valence-electron chi connectivity index (χ2n) is 4.22. The fourth-order valence-electron chi connectivity index (χ4n) is 1.86. The van der Waals surface area contributed by atoms with Crippen LogP contribution in [0.5, 0.6) is 0 Å². The highest BCUT2D eigenvalue weighted by molar-refractivity contribution is 5.90. The molecule has 2 aromatic heterocycles. The van der Waals surface area contributed by atoms with Crippen LogP contribution < -0.4 is 0 Å². The van der Waals surface area contributed by atoms with Crippen molar-refractivity contribution in [3.63, 3.8) is 0 Å². The molecule has 0 aromatic carbocycles. The molecule has 5 nitrogen and oxygen atoms in total. The minimum atomic E-state index is -0.367. The van der Waals surface area contributed by atoms with Crippen LogP contribution in [0.2, 0.25) is 0 Å². The smallest absolute Gasteiger partial charge is 0.341 e. The van der Waals surface area contributed by atoms with E-state index in [2.05, 4.69) is 15.0 Å². The van der Waals surface area contributed by atoms with Crippen molar-refractivity contribution in [3.05, 3.63) is 53.4 Å². The molecule has 0 spiro atoms. The first-order valence-electron chi connectivity index (χ1n) is 6.66. The van der Waals surface area contributed by atoms with Crippen molar-refractivity contribution in [1.82, 2.24) is 15.0 Å². The van der Waals surface area contributed by atoms with Crippen LogP contribution >= 0.6 is 0 Å². The molecule has 0 N–H and O–H groups in total. The lowest BCUT2D eigenvalue weighted by Gasteiger charge is -2.08. The zero-order valence-electron chi connectivity index (χ0n) is 11.7. The molecule has 0 bridgehead atoms. The summed E-state index contributed by atoms with van der Waals surface area (Å²) in [6, 6.07) is 5.72. The Hall–Kier alpha value is -2.30. The summed E-state index contributed by atoms with van der Waals surface area (Å²) in [6.07, 6.45) is 4.49. The van der Waals surface area contributed by atoms with Gasteiger partial charge in [-0.3, -0.25) is 4.98 Å². The Morgan fingerprint density at radius 3 is 2.75 bits per heavy atom. The van der Waals surface area contributed by atoms with Crippen LogP contribution in [0.1, 0.15) is 41.4 Å². The summed E-state index contributed by atoms with van der Waals surface area (Å²) < 4.78 is 5.00. The second kappa shape index (κ2) is 6.75. The summed E-state index contributed by atoms with van der Waals surface area (Å²) in [7, 11) is 0. The molecule has 0 aliphatic rings. The van der Waals surface area contributed by atoms with Crippen LogP contribution in [0.3, 0.4) is 0 Å². The Balaban J connectivity index is 2.23. The first-order chi connectivity index (χ1) is 9.74. The number of carbonyl (C=O) groups excluding carboxylic acids is 1. The van der Waals surface area contributed by atoms with Crippen LogP contribution in [0, 0.1) is 0 Å². The molecule has 0 saturated heterocycles. The molecule has 0 saturated carbocycles. The lowest BCUT2D eigenvalue weighted by Crippen LogP contribution is -2.12. The summed E-state index contributed by atoms with van der Waals surface area (Å²) in [5.74, 6) is 0.294. The van der Waals surface area contributed by atoms with E-state index in [1.54, 1.807) is 19.3 Å². The summed E-state index contributed by atoms with van der Waals surface area (Å²) in [5, 5.41) is 0. The van der Waals surface area contributed by atoms with Gasteiger partial charge in [0.2, 0.25) is 0 Å². The number of pyridine rings is 1. The molecule has 5 heteroatoms. The number of rotatable bonds is 5. The standard InChI is InChI=1S/C15H17N3O2/c1-3-13-12(15(19)20-4-2)10-17-14(18-13)9-11-7-5-6-8-16-11/h5-8,10H,3-4,9H2,1-2H3. The van der Waals surface area contributed by atoms with Gasteiger partial charge in [-0.15, -0.1) is 0 Å². The molecule has 2 rings (SSSR count). The van der Waals surface area contributed by atoms with E-state index in [0.717, 1.165) is 5.69 Å². The second-order valence-corrected chi connectivity index (χ2v) is 4.22. The van der Waals surface area contributed by atoms with Crippen LogP contribution in [-0.4, -0.2) is 27.5 Å². The van der Waals surface area contributed by atoms with E-state index in [0.29, 0.717) is 36.5 Å². The number of carbonyl (C=O) groups is 1. The molecule has 0 atom stereocenters. The highest BCUT2D eigenvalue weighted by atomic mass is 16.5. The third-order valence-corrected chi connectivity index (χ3v) is 2.81. The van der Waals surface area contributed by atoms with Crippen molar-refractivity contribution >= 4 is 5.97 Å². The zero-order chi connectivity index (χ0) is 14.4. The van der Waals surface area contributed by atoms with Crippen LogP contribution in [0.15, 0.2) is 30.6 Å². The molecule has 2 aromatic rings. The number of ether oxygens (including phenoxy) is 1. The summed E-state index contributed by atoms with van der Waals surface area (Å²) in [6.45, 7) is 4.08. The molecule has 0 aliphatic carbocycles. The van der Waals surface area contributed by atoms with E-state index in [4.69, 9.17) is 4.74 Å². The Bertz CT molecular complexity index is 585. The van der Waals surface area contributed by atoms with Gasteiger partial charge in [0.1, 0.15) is 5.82 Å². The van der Waals surface area contributed by atoms with Crippen molar-refractivity contribution in [3.8, 4) is 0 Å². The van der Waals surface area contributed by atoms with Crippen molar-refractivity contribution in [2.24, 2.45) is 0 Å². The predicted molar refractivity (Wildman–Crippen MR) is 74.4 cm³/mol. The Labute approximate surface area is 118 Å². The van der Waals surface area contributed by atoms with Gasteiger partial charge in [0, 0.05) is 18.1 Å². The van der Waals surface area contributed by atoms with Crippen molar-refractivity contribution in [2.45, 2.75) is 26.7 Å². The minimum absolute atomic E-state index is 0.345. The summed E-state index contributed by atoms with van der Waals surface area (Å²) >= 11 is 0. The number of aryl methyl sites for hydroxylation is 1. The van der Waals surface area contributed by atoms with Gasteiger partial charge in [-0.2, -0.15) is 0 Å². The number of aromatic nitrogens is 3. The van der Waals surface area contributed by atoms with Crippen molar-refractivity contribution in [2.75, 3.05) is 6.61 Å². The van der Waals surface area contributed by atoms with E-state index in [9.17, 15) is 4.79 Å². The molecule has 0 aliphatic heterocycles. The van der Waals surface area contributed by atoms with Gasteiger partial charge in [0.25, 0.3) is 0 Å².